The molecule has 0 aromatic heterocycles. The number of β-amino-alcohol motifs (C(OH)–C–C–N with tert-alkyl or cyclic N) is 1. The van der Waals surface area contributed by atoms with Gasteiger partial charge >= 0.3 is 0 Å². The first-order valence-electron chi connectivity index (χ1n) is 8.84. The summed E-state index contributed by atoms with van der Waals surface area (Å²) in [6, 6.07) is 13.9. The molecule has 0 saturated carbocycles. The zero-order chi connectivity index (χ0) is 18.4. The predicted octanol–water partition coefficient (Wildman–Crippen LogP) is 3.04. The number of piperazine rings is 1. The minimum Gasteiger partial charge on any atom is -0.491 e. The maximum absolute atomic E-state index is 13.3. The normalized spacial score (nSPS) is 17.2. The van der Waals surface area contributed by atoms with Crippen LogP contribution in [0.4, 0.5) is 4.39 Å². The molecule has 1 fully saturated rings. The largest absolute Gasteiger partial charge is 0.491 e. The Kier molecular flexibility index (Phi) is 6.86. The average molecular weight is 379 g/mol. The van der Waals surface area contributed by atoms with Gasteiger partial charge in [-0.25, -0.2) is 4.39 Å². The van der Waals surface area contributed by atoms with Crippen LogP contribution >= 0.6 is 11.6 Å². The smallest absolute Gasteiger partial charge is 0.123 e. The van der Waals surface area contributed by atoms with Crippen molar-refractivity contribution in [3.05, 3.63) is 64.9 Å². The van der Waals surface area contributed by atoms with E-state index in [9.17, 15) is 9.50 Å². The minimum atomic E-state index is -0.541. The molecule has 0 aliphatic carbocycles. The summed E-state index contributed by atoms with van der Waals surface area (Å²) < 4.78 is 18.9. The van der Waals surface area contributed by atoms with Crippen LogP contribution in [0.5, 0.6) is 5.75 Å². The number of benzene rings is 2. The molecule has 1 atom stereocenters. The van der Waals surface area contributed by atoms with Crippen molar-refractivity contribution < 1.29 is 14.2 Å². The quantitative estimate of drug-likeness (QED) is 0.803. The number of rotatable bonds is 7. The van der Waals surface area contributed by atoms with Gasteiger partial charge in [-0.2, -0.15) is 0 Å². The molecule has 6 heteroatoms. The molecule has 4 nitrogen and oxygen atoms in total. The average Bonchev–Trinajstić information content (AvgIpc) is 2.63. The molecule has 1 heterocycles. The van der Waals surface area contributed by atoms with Crippen molar-refractivity contribution in [2.75, 3.05) is 39.3 Å². The Morgan fingerprint density at radius 3 is 2.42 bits per heavy atom. The number of hydrogen-bond donors (Lipinski definition) is 1. The van der Waals surface area contributed by atoms with Crippen LogP contribution in [0.1, 0.15) is 5.56 Å². The van der Waals surface area contributed by atoms with Crippen LogP contribution in [-0.4, -0.2) is 60.3 Å². The van der Waals surface area contributed by atoms with Gasteiger partial charge in [0.25, 0.3) is 0 Å². The fraction of sp³-hybridized carbons (Fsp3) is 0.400. The number of ether oxygens (including phenoxy) is 1. The van der Waals surface area contributed by atoms with Gasteiger partial charge in [-0.15, -0.1) is 0 Å². The molecule has 2 aromatic rings. The summed E-state index contributed by atoms with van der Waals surface area (Å²) in [5.74, 6) is 0.512. The Bertz CT molecular complexity index is 690. The summed E-state index contributed by atoms with van der Waals surface area (Å²) in [4.78, 5) is 4.54. The lowest BCUT2D eigenvalue weighted by atomic mass is 10.2. The first-order valence-corrected chi connectivity index (χ1v) is 9.22. The van der Waals surface area contributed by atoms with Gasteiger partial charge in [0, 0.05) is 44.3 Å². The highest BCUT2D eigenvalue weighted by molar-refractivity contribution is 6.30. The first kappa shape index (κ1) is 19.1. The van der Waals surface area contributed by atoms with Gasteiger partial charge < -0.3 is 9.84 Å². The molecule has 1 aliphatic heterocycles. The third-order valence-electron chi connectivity index (χ3n) is 4.49. The Hall–Kier alpha value is -1.66. The molecule has 26 heavy (non-hydrogen) atoms. The topological polar surface area (TPSA) is 35.9 Å². The second-order valence-electron chi connectivity index (χ2n) is 6.63. The molecule has 0 unspecified atom stereocenters. The molecule has 1 aliphatic rings. The summed E-state index contributed by atoms with van der Waals surface area (Å²) in [7, 11) is 0. The predicted molar refractivity (Wildman–Crippen MR) is 101 cm³/mol. The highest BCUT2D eigenvalue weighted by Crippen LogP contribution is 2.16. The summed E-state index contributed by atoms with van der Waals surface area (Å²) >= 11 is 5.84. The third-order valence-corrected chi connectivity index (χ3v) is 4.74. The van der Waals surface area contributed by atoms with Crippen LogP contribution in [0.3, 0.4) is 0 Å². The van der Waals surface area contributed by atoms with Gasteiger partial charge in [-0.1, -0.05) is 23.7 Å². The lowest BCUT2D eigenvalue weighted by Crippen LogP contribution is -2.48. The van der Waals surface area contributed by atoms with Gasteiger partial charge in [-0.3, -0.25) is 9.80 Å². The van der Waals surface area contributed by atoms with E-state index in [1.807, 2.05) is 6.07 Å². The number of nitrogens with zero attached hydrogens (tertiary/aromatic N) is 2. The van der Waals surface area contributed by atoms with E-state index in [1.54, 1.807) is 36.4 Å². The van der Waals surface area contributed by atoms with Crippen LogP contribution < -0.4 is 4.74 Å². The molecule has 140 valence electrons. The molecular weight excluding hydrogens is 355 g/mol. The summed E-state index contributed by atoms with van der Waals surface area (Å²) in [6.07, 6.45) is -0.541. The lowest BCUT2D eigenvalue weighted by Gasteiger charge is -2.35. The number of halogens is 2. The third kappa shape index (κ3) is 5.95. The highest BCUT2D eigenvalue weighted by Gasteiger charge is 2.19. The molecule has 1 saturated heterocycles. The Labute approximate surface area is 158 Å². The zero-order valence-electron chi connectivity index (χ0n) is 14.7. The summed E-state index contributed by atoms with van der Waals surface area (Å²) in [6.45, 7) is 5.17. The van der Waals surface area contributed by atoms with Gasteiger partial charge in [0.05, 0.1) is 0 Å². The second kappa shape index (κ2) is 9.33. The first-order chi connectivity index (χ1) is 12.6. The van der Waals surface area contributed by atoms with Crippen molar-refractivity contribution in [2.24, 2.45) is 0 Å². The molecule has 0 amide bonds. The van der Waals surface area contributed by atoms with Crippen LogP contribution in [-0.2, 0) is 6.54 Å². The van der Waals surface area contributed by atoms with E-state index in [-0.39, 0.29) is 12.4 Å². The van der Waals surface area contributed by atoms with E-state index in [4.69, 9.17) is 16.3 Å². The van der Waals surface area contributed by atoms with Crippen molar-refractivity contribution in [1.82, 2.24) is 9.80 Å². The molecule has 3 rings (SSSR count). The van der Waals surface area contributed by atoms with E-state index in [1.165, 1.54) is 6.07 Å². The highest BCUT2D eigenvalue weighted by atomic mass is 35.5. The number of hydrogen-bond acceptors (Lipinski definition) is 4. The van der Waals surface area contributed by atoms with Crippen molar-refractivity contribution in [2.45, 2.75) is 12.6 Å². The van der Waals surface area contributed by atoms with E-state index in [0.29, 0.717) is 17.3 Å². The minimum absolute atomic E-state index is 0.190. The maximum atomic E-state index is 13.3. The van der Waals surface area contributed by atoms with Gasteiger partial charge in [-0.05, 0) is 42.0 Å². The second-order valence-corrected chi connectivity index (χ2v) is 7.06. The maximum Gasteiger partial charge on any atom is 0.123 e. The Balaban J connectivity index is 1.37. The number of aliphatic hydroxyl groups is 1. The molecule has 1 N–H and O–H groups in total. The van der Waals surface area contributed by atoms with E-state index in [0.717, 1.165) is 38.3 Å². The van der Waals surface area contributed by atoms with Crippen molar-refractivity contribution in [3.8, 4) is 5.75 Å². The van der Waals surface area contributed by atoms with Crippen LogP contribution in [0.2, 0.25) is 5.02 Å². The van der Waals surface area contributed by atoms with Crippen molar-refractivity contribution in [3.63, 3.8) is 0 Å². The molecule has 0 radical (unpaired) electrons. The number of aliphatic hydroxyl groups excluding tert-OH is 1. The molecule has 0 bridgehead atoms. The summed E-state index contributed by atoms with van der Waals surface area (Å²) in [5.41, 5.74) is 0.995. The van der Waals surface area contributed by atoms with Gasteiger partial charge in [0.1, 0.15) is 24.3 Å². The lowest BCUT2D eigenvalue weighted by molar-refractivity contribution is 0.0446. The standard InChI is InChI=1S/C20H24ClFN2O2/c21-17-4-6-20(7-5-17)26-15-19(25)14-24-10-8-23(9-11-24)13-16-2-1-3-18(22)12-16/h1-7,12,19,25H,8-11,13-15H2/t19-/m0/s1. The van der Waals surface area contributed by atoms with Crippen LogP contribution in [0.25, 0.3) is 0 Å². The van der Waals surface area contributed by atoms with Crippen molar-refractivity contribution >= 4 is 11.6 Å². The Morgan fingerprint density at radius 1 is 1.04 bits per heavy atom. The van der Waals surface area contributed by atoms with Crippen LogP contribution in [0, 0.1) is 5.82 Å². The Morgan fingerprint density at radius 2 is 1.73 bits per heavy atom. The fourth-order valence-corrected chi connectivity index (χ4v) is 3.22. The van der Waals surface area contributed by atoms with E-state index in [2.05, 4.69) is 9.80 Å². The zero-order valence-corrected chi connectivity index (χ0v) is 15.4. The van der Waals surface area contributed by atoms with Gasteiger partial charge in [0.2, 0.25) is 0 Å². The van der Waals surface area contributed by atoms with Gasteiger partial charge in [0.15, 0.2) is 0 Å². The monoisotopic (exact) mass is 378 g/mol. The molecule has 2 aromatic carbocycles. The van der Waals surface area contributed by atoms with E-state index < -0.39 is 6.10 Å². The van der Waals surface area contributed by atoms with Crippen molar-refractivity contribution in [1.29, 1.82) is 0 Å². The molecule has 0 spiro atoms. The fourth-order valence-electron chi connectivity index (χ4n) is 3.10. The van der Waals surface area contributed by atoms with Crippen LogP contribution in [0.15, 0.2) is 48.5 Å². The summed E-state index contributed by atoms with van der Waals surface area (Å²) in [5, 5.41) is 10.9. The SMILES string of the molecule is O[C@H](COc1ccc(Cl)cc1)CN1CCN(Cc2cccc(F)c2)CC1. The molecular formula is C20H24ClFN2O2. The van der Waals surface area contributed by atoms with E-state index >= 15 is 0 Å².